The molecule has 116 valence electrons. The number of nitrogens with two attached hydrogens (primary N) is 1. The van der Waals surface area contributed by atoms with E-state index >= 15 is 0 Å². The third-order valence-electron chi connectivity index (χ3n) is 4.58. The van der Waals surface area contributed by atoms with Crippen LogP contribution in [-0.2, 0) is 0 Å². The number of ketones is 1. The normalized spacial score (nSPS) is 22.7. The van der Waals surface area contributed by atoms with Gasteiger partial charge in [0.2, 0.25) is 0 Å². The van der Waals surface area contributed by atoms with Gasteiger partial charge >= 0.3 is 0 Å². The van der Waals surface area contributed by atoms with Gasteiger partial charge in [0.05, 0.1) is 15.6 Å². The van der Waals surface area contributed by atoms with Gasteiger partial charge in [0.25, 0.3) is 0 Å². The van der Waals surface area contributed by atoms with Crippen LogP contribution < -0.4 is 11.1 Å². The number of hydrogen-bond donors (Lipinski definition) is 2. The number of rotatable bonds is 6. The summed E-state index contributed by atoms with van der Waals surface area (Å²) in [6.07, 6.45) is 4.20. The van der Waals surface area contributed by atoms with Gasteiger partial charge < -0.3 is 16.0 Å². The van der Waals surface area contributed by atoms with Crippen LogP contribution in [0.1, 0.15) is 53.8 Å². The molecule has 0 radical (unpaired) electrons. The number of anilines is 2. The van der Waals surface area contributed by atoms with Crippen LogP contribution in [0.15, 0.2) is 0 Å². The Bertz CT molecular complexity index is 536. The van der Waals surface area contributed by atoms with E-state index in [1.54, 1.807) is 11.3 Å². The average Bonchev–Trinajstić information content (AvgIpc) is 3.13. The van der Waals surface area contributed by atoms with Crippen LogP contribution >= 0.6 is 11.3 Å². The first kappa shape index (κ1) is 14.9. The number of Topliss-reactive ketones (excluding diaryl/α,β-unsaturated/α-hetero) is 1. The molecule has 4 nitrogen and oxygen atoms in total. The molecule has 5 heteroatoms. The van der Waals surface area contributed by atoms with Crippen LogP contribution in [0.3, 0.4) is 0 Å². The van der Waals surface area contributed by atoms with Crippen molar-refractivity contribution in [2.24, 2.45) is 5.92 Å². The first-order valence-electron chi connectivity index (χ1n) is 7.97. The maximum absolute atomic E-state index is 12.0. The van der Waals surface area contributed by atoms with Crippen molar-refractivity contribution in [2.75, 3.05) is 37.7 Å². The van der Waals surface area contributed by atoms with Crippen molar-refractivity contribution in [1.82, 2.24) is 4.90 Å². The first-order valence-corrected chi connectivity index (χ1v) is 8.79. The molecular weight excluding hydrogens is 282 g/mol. The predicted molar refractivity (Wildman–Crippen MR) is 89.4 cm³/mol. The summed E-state index contributed by atoms with van der Waals surface area (Å²) in [7, 11) is 2.18. The Balaban J connectivity index is 1.75. The Hall–Kier alpha value is -1.07. The van der Waals surface area contributed by atoms with Gasteiger partial charge in [-0.3, -0.25) is 4.79 Å². The van der Waals surface area contributed by atoms with Gasteiger partial charge in [-0.25, -0.2) is 0 Å². The molecular formula is C16H25N3OS. The fraction of sp³-hybridized carbons (Fsp3) is 0.688. The van der Waals surface area contributed by atoms with Crippen LogP contribution in [-0.4, -0.2) is 37.4 Å². The van der Waals surface area contributed by atoms with E-state index in [1.165, 1.54) is 31.4 Å². The molecule has 1 unspecified atom stereocenters. The second-order valence-corrected chi connectivity index (χ2v) is 7.46. The first-order chi connectivity index (χ1) is 10.1. The van der Waals surface area contributed by atoms with E-state index in [0.717, 1.165) is 28.7 Å². The zero-order valence-electron chi connectivity index (χ0n) is 12.9. The van der Waals surface area contributed by atoms with Gasteiger partial charge in [0.1, 0.15) is 0 Å². The monoisotopic (exact) mass is 307 g/mol. The molecule has 3 N–H and O–H groups in total. The largest absolute Gasteiger partial charge is 0.397 e. The second-order valence-electron chi connectivity index (χ2n) is 6.44. The minimum atomic E-state index is 0.174. The van der Waals surface area contributed by atoms with Crippen LogP contribution in [0.4, 0.5) is 10.7 Å². The van der Waals surface area contributed by atoms with Crippen molar-refractivity contribution in [3.05, 3.63) is 10.4 Å². The van der Waals surface area contributed by atoms with Gasteiger partial charge in [-0.05, 0) is 44.7 Å². The number of nitrogens with one attached hydrogen (secondary N) is 1. The molecule has 1 saturated heterocycles. The molecule has 0 amide bonds. The Morgan fingerprint density at radius 1 is 1.43 bits per heavy atom. The molecule has 0 spiro atoms. The Kier molecular flexibility index (Phi) is 4.22. The average molecular weight is 307 g/mol. The summed E-state index contributed by atoms with van der Waals surface area (Å²) in [6, 6.07) is 0. The Morgan fingerprint density at radius 2 is 2.19 bits per heavy atom. The smallest absolute Gasteiger partial charge is 0.174 e. The summed E-state index contributed by atoms with van der Waals surface area (Å²) >= 11 is 1.57. The number of hydrogen-bond acceptors (Lipinski definition) is 5. The van der Waals surface area contributed by atoms with Crippen molar-refractivity contribution < 1.29 is 4.79 Å². The van der Waals surface area contributed by atoms with E-state index in [4.69, 9.17) is 5.73 Å². The highest BCUT2D eigenvalue weighted by Crippen LogP contribution is 2.51. The maximum Gasteiger partial charge on any atom is 0.174 e. The van der Waals surface area contributed by atoms with Gasteiger partial charge in [-0.15, -0.1) is 11.3 Å². The van der Waals surface area contributed by atoms with Crippen molar-refractivity contribution in [2.45, 2.75) is 38.5 Å². The Morgan fingerprint density at radius 3 is 2.76 bits per heavy atom. The van der Waals surface area contributed by atoms with E-state index in [9.17, 15) is 4.79 Å². The second kappa shape index (κ2) is 5.97. The van der Waals surface area contributed by atoms with Crippen LogP contribution in [0, 0.1) is 5.92 Å². The molecule has 1 aromatic heterocycles. The number of likely N-dealkylation sites (tertiary alicyclic amines) is 1. The lowest BCUT2D eigenvalue weighted by atomic mass is 10.1. The van der Waals surface area contributed by atoms with Gasteiger partial charge in [-0.2, -0.15) is 0 Å². The molecule has 0 aromatic carbocycles. The summed E-state index contributed by atoms with van der Waals surface area (Å²) in [4.78, 5) is 15.2. The molecule has 1 aromatic rings. The zero-order chi connectivity index (χ0) is 15.0. The van der Waals surface area contributed by atoms with E-state index in [0.29, 0.717) is 18.3 Å². The lowest BCUT2D eigenvalue weighted by Gasteiger charge is -2.13. The molecule has 0 bridgehead atoms. The van der Waals surface area contributed by atoms with Crippen molar-refractivity contribution in [3.63, 3.8) is 0 Å². The van der Waals surface area contributed by atoms with E-state index in [-0.39, 0.29) is 5.78 Å². The number of nitrogens with zero attached hydrogens (tertiary/aromatic N) is 1. The molecule has 2 aliphatic rings. The molecule has 2 heterocycles. The number of carbonyl (C=O) groups is 1. The van der Waals surface area contributed by atoms with Gasteiger partial charge in [0, 0.05) is 25.1 Å². The van der Waals surface area contributed by atoms with Crippen LogP contribution in [0.2, 0.25) is 0 Å². The summed E-state index contributed by atoms with van der Waals surface area (Å²) in [6.45, 7) is 5.24. The maximum atomic E-state index is 12.0. The van der Waals surface area contributed by atoms with Crippen molar-refractivity contribution in [1.29, 1.82) is 0 Å². The van der Waals surface area contributed by atoms with Gasteiger partial charge in [0.15, 0.2) is 5.78 Å². The lowest BCUT2D eigenvalue weighted by Crippen LogP contribution is -2.19. The van der Waals surface area contributed by atoms with E-state index < -0.39 is 0 Å². The quantitative estimate of drug-likeness (QED) is 0.793. The van der Waals surface area contributed by atoms with Crippen LogP contribution in [0.25, 0.3) is 0 Å². The minimum absolute atomic E-state index is 0.174. The molecule has 1 atom stereocenters. The molecule has 1 saturated carbocycles. The third kappa shape index (κ3) is 3.09. The number of carbonyl (C=O) groups excluding carboxylic acids is 1. The van der Waals surface area contributed by atoms with Gasteiger partial charge in [-0.1, -0.05) is 6.92 Å². The van der Waals surface area contributed by atoms with Crippen molar-refractivity contribution >= 4 is 27.8 Å². The topological polar surface area (TPSA) is 58.4 Å². The predicted octanol–water partition coefficient (Wildman–Crippen LogP) is 3.16. The fourth-order valence-electron chi connectivity index (χ4n) is 3.16. The lowest BCUT2D eigenvalue weighted by molar-refractivity contribution is 0.0993. The summed E-state index contributed by atoms with van der Waals surface area (Å²) in [5, 5.41) is 4.75. The SMILES string of the molecule is CCC(=O)c1sc(NCC2CCN(C)C2)c(C2CC2)c1N. The number of thiophene rings is 1. The molecule has 1 aliphatic heterocycles. The Labute approximate surface area is 130 Å². The number of nitrogen functional groups attached to an aromatic ring is 1. The molecule has 1 aliphatic carbocycles. The molecule has 3 rings (SSSR count). The highest BCUT2D eigenvalue weighted by molar-refractivity contribution is 7.18. The molecule has 21 heavy (non-hydrogen) atoms. The summed E-state index contributed by atoms with van der Waals surface area (Å²) in [5.74, 6) is 1.46. The fourth-order valence-corrected chi connectivity index (χ4v) is 4.39. The summed E-state index contributed by atoms with van der Waals surface area (Å²) in [5.41, 5.74) is 8.24. The van der Waals surface area contributed by atoms with E-state index in [2.05, 4.69) is 17.3 Å². The summed E-state index contributed by atoms with van der Waals surface area (Å²) < 4.78 is 0. The highest BCUT2D eigenvalue weighted by atomic mass is 32.1. The highest BCUT2D eigenvalue weighted by Gasteiger charge is 2.33. The van der Waals surface area contributed by atoms with Crippen LogP contribution in [0.5, 0.6) is 0 Å². The minimum Gasteiger partial charge on any atom is -0.397 e. The van der Waals surface area contributed by atoms with Crippen molar-refractivity contribution in [3.8, 4) is 0 Å². The zero-order valence-corrected chi connectivity index (χ0v) is 13.8. The van der Waals surface area contributed by atoms with E-state index in [1.807, 2.05) is 6.92 Å². The third-order valence-corrected chi connectivity index (χ3v) is 5.80. The standard InChI is InChI=1S/C16H25N3OS/c1-3-12(20)15-14(17)13(11-4-5-11)16(21-15)18-8-10-6-7-19(2)9-10/h10-11,18H,3-9,17H2,1-2H3. The molecule has 2 fully saturated rings.